The molecule has 2 rings (SSSR count). The zero-order valence-corrected chi connectivity index (χ0v) is 10.7. The topological polar surface area (TPSA) is 33.1 Å². The van der Waals surface area contributed by atoms with Crippen LogP contribution in [0.25, 0.3) is 0 Å². The second-order valence-electron chi connectivity index (χ2n) is 4.38. The number of aromatic nitrogens is 2. The van der Waals surface area contributed by atoms with Gasteiger partial charge in [0, 0.05) is 38.7 Å². The highest BCUT2D eigenvalue weighted by molar-refractivity contribution is 5.59. The summed E-state index contributed by atoms with van der Waals surface area (Å²) in [6.07, 6.45) is 2.00. The molecule has 0 radical (unpaired) electrons. The zero-order valence-electron chi connectivity index (χ0n) is 10.7. The number of benzene rings is 1. The lowest BCUT2D eigenvalue weighted by molar-refractivity contribution is 0.923. The van der Waals surface area contributed by atoms with Gasteiger partial charge in [-0.1, -0.05) is 0 Å². The molecule has 0 aliphatic heterocycles. The second-order valence-corrected chi connectivity index (χ2v) is 4.38. The molecule has 0 unspecified atom stereocenters. The van der Waals surface area contributed by atoms with Crippen molar-refractivity contribution in [2.24, 2.45) is 7.05 Å². The average Bonchev–Trinajstić information content (AvgIpc) is 2.58. The van der Waals surface area contributed by atoms with Crippen molar-refractivity contribution in [1.82, 2.24) is 9.55 Å². The highest BCUT2D eigenvalue weighted by Crippen LogP contribution is 2.19. The van der Waals surface area contributed by atoms with Crippen LogP contribution in [0.2, 0.25) is 0 Å². The maximum atomic E-state index is 4.40. The summed E-state index contributed by atoms with van der Waals surface area (Å²) < 4.78 is 1.98. The number of nitrogens with one attached hydrogen (secondary N) is 1. The number of hydrogen-bond acceptors (Lipinski definition) is 3. The lowest BCUT2D eigenvalue weighted by Gasteiger charge is -2.13. The number of rotatable bonds is 3. The van der Waals surface area contributed by atoms with Gasteiger partial charge in [-0.2, -0.15) is 0 Å². The van der Waals surface area contributed by atoms with Gasteiger partial charge in [0.25, 0.3) is 0 Å². The van der Waals surface area contributed by atoms with Crippen LogP contribution in [0.1, 0.15) is 5.69 Å². The largest absolute Gasteiger partial charge is 0.378 e. The molecule has 0 aliphatic rings. The Labute approximate surface area is 102 Å². The van der Waals surface area contributed by atoms with Gasteiger partial charge in [-0.3, -0.25) is 0 Å². The molecule has 1 aromatic carbocycles. The van der Waals surface area contributed by atoms with Crippen LogP contribution < -0.4 is 10.2 Å². The Balaban J connectivity index is 2.16. The molecule has 90 valence electrons. The Hall–Kier alpha value is -1.97. The van der Waals surface area contributed by atoms with E-state index in [1.54, 1.807) is 0 Å². The van der Waals surface area contributed by atoms with Crippen LogP contribution in [-0.2, 0) is 7.05 Å². The molecule has 17 heavy (non-hydrogen) atoms. The molecule has 0 atom stereocenters. The SMILES string of the molecule is Cc1cn(C)c(Nc2ccc(N(C)C)cc2)n1. The maximum Gasteiger partial charge on any atom is 0.207 e. The fourth-order valence-electron chi connectivity index (χ4n) is 1.70. The van der Waals surface area contributed by atoms with Crippen LogP contribution in [0.5, 0.6) is 0 Å². The molecule has 2 aromatic rings. The van der Waals surface area contributed by atoms with Crippen molar-refractivity contribution in [2.75, 3.05) is 24.3 Å². The summed E-state index contributed by atoms with van der Waals surface area (Å²) >= 11 is 0. The first-order valence-electron chi connectivity index (χ1n) is 5.60. The van der Waals surface area contributed by atoms with Crippen LogP contribution in [-0.4, -0.2) is 23.6 Å². The van der Waals surface area contributed by atoms with Gasteiger partial charge in [0.2, 0.25) is 5.95 Å². The molecule has 0 saturated carbocycles. The van der Waals surface area contributed by atoms with Crippen molar-refractivity contribution in [3.8, 4) is 0 Å². The quantitative estimate of drug-likeness (QED) is 0.879. The van der Waals surface area contributed by atoms with Crippen LogP contribution in [0.15, 0.2) is 30.5 Å². The average molecular weight is 230 g/mol. The molecule has 4 nitrogen and oxygen atoms in total. The monoisotopic (exact) mass is 230 g/mol. The standard InChI is InChI=1S/C13H18N4/c1-10-9-17(4)13(14-10)15-11-5-7-12(8-6-11)16(2)3/h5-9H,1-4H3,(H,14,15). The van der Waals surface area contributed by atoms with E-state index in [9.17, 15) is 0 Å². The van der Waals surface area contributed by atoms with E-state index < -0.39 is 0 Å². The summed E-state index contributed by atoms with van der Waals surface area (Å²) in [5, 5.41) is 3.29. The van der Waals surface area contributed by atoms with Crippen molar-refractivity contribution in [1.29, 1.82) is 0 Å². The minimum Gasteiger partial charge on any atom is -0.378 e. The molecule has 0 bridgehead atoms. The summed E-state index contributed by atoms with van der Waals surface area (Å²) in [4.78, 5) is 6.48. The molecule has 1 aromatic heterocycles. The summed E-state index contributed by atoms with van der Waals surface area (Å²) in [6.45, 7) is 1.99. The van der Waals surface area contributed by atoms with Crippen LogP contribution in [0.3, 0.4) is 0 Å². The Kier molecular flexibility index (Phi) is 3.04. The van der Waals surface area contributed by atoms with Gasteiger partial charge in [-0.05, 0) is 31.2 Å². The second kappa shape index (κ2) is 4.49. The highest BCUT2D eigenvalue weighted by atomic mass is 15.2. The van der Waals surface area contributed by atoms with E-state index in [0.717, 1.165) is 17.3 Å². The van der Waals surface area contributed by atoms with Gasteiger partial charge < -0.3 is 14.8 Å². The van der Waals surface area contributed by atoms with Gasteiger partial charge in [0.15, 0.2) is 0 Å². The molecule has 0 amide bonds. The van der Waals surface area contributed by atoms with Crippen LogP contribution in [0.4, 0.5) is 17.3 Å². The van der Waals surface area contributed by atoms with Gasteiger partial charge in [0.1, 0.15) is 0 Å². The third-order valence-electron chi connectivity index (χ3n) is 2.64. The van der Waals surface area contributed by atoms with E-state index in [1.807, 2.05) is 38.8 Å². The van der Waals surface area contributed by atoms with E-state index >= 15 is 0 Å². The molecule has 0 spiro atoms. The molecule has 1 heterocycles. The Morgan fingerprint density at radius 3 is 2.29 bits per heavy atom. The maximum absolute atomic E-state index is 4.40. The summed E-state index contributed by atoms with van der Waals surface area (Å²) in [6, 6.07) is 8.27. The molecule has 0 fully saturated rings. The van der Waals surface area contributed by atoms with Crippen molar-refractivity contribution in [3.05, 3.63) is 36.2 Å². The third kappa shape index (κ3) is 2.58. The Morgan fingerprint density at radius 2 is 1.82 bits per heavy atom. The molecular formula is C13H18N4. The van der Waals surface area contributed by atoms with Gasteiger partial charge in [0.05, 0.1) is 5.69 Å². The number of nitrogens with zero attached hydrogens (tertiary/aromatic N) is 3. The first-order chi connectivity index (χ1) is 8.06. The van der Waals surface area contributed by atoms with E-state index in [1.165, 1.54) is 5.69 Å². The molecule has 1 N–H and O–H groups in total. The van der Waals surface area contributed by atoms with Crippen LogP contribution in [0, 0.1) is 6.92 Å². The smallest absolute Gasteiger partial charge is 0.207 e. The number of imidazole rings is 1. The van der Waals surface area contributed by atoms with Crippen molar-refractivity contribution >= 4 is 17.3 Å². The first kappa shape index (κ1) is 11.5. The van der Waals surface area contributed by atoms with E-state index in [4.69, 9.17) is 0 Å². The molecule has 0 aliphatic carbocycles. The van der Waals surface area contributed by atoms with Crippen LogP contribution >= 0.6 is 0 Å². The minimum absolute atomic E-state index is 0.861. The number of aryl methyl sites for hydroxylation is 2. The summed E-state index contributed by atoms with van der Waals surface area (Å²) in [7, 11) is 6.05. The van der Waals surface area contributed by atoms with Gasteiger partial charge in [-0.15, -0.1) is 0 Å². The van der Waals surface area contributed by atoms with E-state index in [0.29, 0.717) is 0 Å². The van der Waals surface area contributed by atoms with Crippen molar-refractivity contribution < 1.29 is 0 Å². The van der Waals surface area contributed by atoms with Crippen molar-refractivity contribution in [3.63, 3.8) is 0 Å². The van der Waals surface area contributed by atoms with E-state index in [2.05, 4.69) is 39.5 Å². The molecular weight excluding hydrogens is 212 g/mol. The highest BCUT2D eigenvalue weighted by Gasteiger charge is 2.02. The fraction of sp³-hybridized carbons (Fsp3) is 0.308. The fourth-order valence-corrected chi connectivity index (χ4v) is 1.70. The summed E-state index contributed by atoms with van der Waals surface area (Å²) in [5.41, 5.74) is 3.25. The molecule has 4 heteroatoms. The Morgan fingerprint density at radius 1 is 1.18 bits per heavy atom. The number of anilines is 3. The predicted octanol–water partition coefficient (Wildman–Crippen LogP) is 2.54. The normalized spacial score (nSPS) is 10.4. The van der Waals surface area contributed by atoms with Gasteiger partial charge in [-0.25, -0.2) is 4.98 Å². The first-order valence-corrected chi connectivity index (χ1v) is 5.60. The molecule has 0 saturated heterocycles. The number of hydrogen-bond donors (Lipinski definition) is 1. The Bertz CT molecular complexity index is 497. The summed E-state index contributed by atoms with van der Waals surface area (Å²) in [5.74, 6) is 0.861. The van der Waals surface area contributed by atoms with Crippen molar-refractivity contribution in [2.45, 2.75) is 6.92 Å². The lowest BCUT2D eigenvalue weighted by atomic mass is 10.2. The third-order valence-corrected chi connectivity index (χ3v) is 2.64. The predicted molar refractivity (Wildman–Crippen MR) is 72.0 cm³/mol. The zero-order chi connectivity index (χ0) is 12.4. The van der Waals surface area contributed by atoms with E-state index in [-0.39, 0.29) is 0 Å². The lowest BCUT2D eigenvalue weighted by Crippen LogP contribution is -2.08. The van der Waals surface area contributed by atoms with Gasteiger partial charge >= 0.3 is 0 Å². The minimum atomic E-state index is 0.861.